The van der Waals surface area contributed by atoms with E-state index in [4.69, 9.17) is 0 Å². The van der Waals surface area contributed by atoms with E-state index in [9.17, 15) is 5.11 Å². The molecule has 2 rings (SSSR count). The molecule has 0 fully saturated rings. The minimum atomic E-state index is 0.0616. The molecule has 1 unspecified atom stereocenters. The van der Waals surface area contributed by atoms with Gasteiger partial charge in [0.05, 0.1) is 11.7 Å². The highest BCUT2D eigenvalue weighted by molar-refractivity contribution is 9.11. The highest BCUT2D eigenvalue weighted by Crippen LogP contribution is 2.37. The molecule has 0 spiro atoms. The van der Waals surface area contributed by atoms with E-state index in [0.29, 0.717) is 5.75 Å². The molecule has 0 aliphatic carbocycles. The number of rotatable bonds is 4. The van der Waals surface area contributed by atoms with Crippen molar-refractivity contribution in [2.24, 2.45) is 0 Å². The van der Waals surface area contributed by atoms with Crippen LogP contribution >= 0.6 is 31.9 Å². The van der Waals surface area contributed by atoms with Crippen LogP contribution in [-0.2, 0) is 0 Å². The van der Waals surface area contributed by atoms with Gasteiger partial charge in [0.2, 0.25) is 0 Å². The molecule has 2 N–H and O–H groups in total. The minimum absolute atomic E-state index is 0.0616. The summed E-state index contributed by atoms with van der Waals surface area (Å²) >= 11 is 7.18. The smallest absolute Gasteiger partial charge is 0.120 e. The molecular weight excluding hydrogens is 382 g/mol. The van der Waals surface area contributed by atoms with Crippen LogP contribution in [0.2, 0.25) is 0 Å². The standard InChI is InChI=1S/C16H17Br2NO/c1-3-14(11-6-4-5-7-15(11)20)19-16-12(17)8-10(2)9-13(16)18/h4-9,14,19-20H,3H2,1-2H3. The Balaban J connectivity index is 2.35. The van der Waals surface area contributed by atoms with E-state index >= 15 is 0 Å². The third kappa shape index (κ3) is 3.36. The van der Waals surface area contributed by atoms with Crippen molar-refractivity contribution in [2.75, 3.05) is 5.32 Å². The average molecular weight is 399 g/mol. The Bertz CT molecular complexity index is 590. The van der Waals surface area contributed by atoms with Crippen molar-refractivity contribution < 1.29 is 5.11 Å². The van der Waals surface area contributed by atoms with Crippen LogP contribution in [-0.4, -0.2) is 5.11 Å². The lowest BCUT2D eigenvalue weighted by atomic mass is 10.0. The maximum Gasteiger partial charge on any atom is 0.120 e. The summed E-state index contributed by atoms with van der Waals surface area (Å²) in [7, 11) is 0. The number of aryl methyl sites for hydroxylation is 1. The fourth-order valence-corrected chi connectivity index (χ4v) is 3.84. The monoisotopic (exact) mass is 397 g/mol. The van der Waals surface area contributed by atoms with E-state index in [1.165, 1.54) is 5.56 Å². The van der Waals surface area contributed by atoms with Gasteiger partial charge in [-0.2, -0.15) is 0 Å². The summed E-state index contributed by atoms with van der Waals surface area (Å²) in [5, 5.41) is 13.5. The molecule has 4 heteroatoms. The van der Waals surface area contributed by atoms with Crippen LogP contribution in [0.25, 0.3) is 0 Å². The van der Waals surface area contributed by atoms with Gasteiger partial charge in [0.25, 0.3) is 0 Å². The molecular formula is C16H17Br2NO. The van der Waals surface area contributed by atoms with Crippen LogP contribution in [0, 0.1) is 6.92 Å². The molecule has 1 atom stereocenters. The molecule has 0 bridgehead atoms. The summed E-state index contributed by atoms with van der Waals surface area (Å²) in [6, 6.07) is 11.7. The molecule has 20 heavy (non-hydrogen) atoms. The van der Waals surface area contributed by atoms with Gasteiger partial charge < -0.3 is 10.4 Å². The first kappa shape index (κ1) is 15.4. The number of anilines is 1. The van der Waals surface area contributed by atoms with Crippen LogP contribution in [0.1, 0.15) is 30.5 Å². The van der Waals surface area contributed by atoms with Crippen LogP contribution in [0.3, 0.4) is 0 Å². The Morgan fingerprint density at radius 1 is 1.15 bits per heavy atom. The van der Waals surface area contributed by atoms with Gasteiger partial charge in [-0.3, -0.25) is 0 Å². The maximum atomic E-state index is 10.0. The topological polar surface area (TPSA) is 32.3 Å². The highest BCUT2D eigenvalue weighted by atomic mass is 79.9. The van der Waals surface area contributed by atoms with Crippen molar-refractivity contribution in [2.45, 2.75) is 26.3 Å². The number of para-hydroxylation sites is 1. The van der Waals surface area contributed by atoms with Crippen molar-refractivity contribution in [3.05, 3.63) is 56.5 Å². The van der Waals surface area contributed by atoms with Crippen molar-refractivity contribution in [1.82, 2.24) is 0 Å². The Morgan fingerprint density at radius 2 is 1.75 bits per heavy atom. The third-order valence-corrected chi connectivity index (χ3v) is 4.48. The summed E-state index contributed by atoms with van der Waals surface area (Å²) in [5.74, 6) is 0.325. The quantitative estimate of drug-likeness (QED) is 0.683. The molecule has 0 aromatic heterocycles. The second-order valence-corrected chi connectivity index (χ2v) is 6.48. The number of hydrogen-bond acceptors (Lipinski definition) is 2. The Hall–Kier alpha value is -1.00. The van der Waals surface area contributed by atoms with E-state index in [-0.39, 0.29) is 6.04 Å². The molecule has 0 aliphatic heterocycles. The summed E-state index contributed by atoms with van der Waals surface area (Å²) in [4.78, 5) is 0. The van der Waals surface area contributed by atoms with Crippen molar-refractivity contribution in [3.63, 3.8) is 0 Å². The second-order valence-electron chi connectivity index (χ2n) is 4.77. The largest absolute Gasteiger partial charge is 0.508 e. The molecule has 0 aliphatic rings. The number of nitrogens with one attached hydrogen (secondary N) is 1. The Labute approximate surface area is 136 Å². The third-order valence-electron chi connectivity index (χ3n) is 3.23. The van der Waals surface area contributed by atoms with Gasteiger partial charge in [-0.15, -0.1) is 0 Å². The first-order valence-corrected chi connectivity index (χ1v) is 8.11. The minimum Gasteiger partial charge on any atom is -0.508 e. The van der Waals surface area contributed by atoms with Gasteiger partial charge in [0, 0.05) is 14.5 Å². The van der Waals surface area contributed by atoms with Crippen LogP contribution in [0.4, 0.5) is 5.69 Å². The maximum absolute atomic E-state index is 10.0. The second kappa shape index (κ2) is 6.64. The predicted octanol–water partition coefficient (Wildman–Crippen LogP) is 5.79. The molecule has 2 nitrogen and oxygen atoms in total. The lowest BCUT2D eigenvalue weighted by Gasteiger charge is -2.22. The summed E-state index contributed by atoms with van der Waals surface area (Å²) in [6.07, 6.45) is 0.879. The number of hydrogen-bond donors (Lipinski definition) is 2. The van der Waals surface area contributed by atoms with Gasteiger partial charge in [0.15, 0.2) is 0 Å². The van der Waals surface area contributed by atoms with Crippen molar-refractivity contribution in [3.8, 4) is 5.75 Å². The molecule has 106 valence electrons. The van der Waals surface area contributed by atoms with E-state index in [2.05, 4.69) is 63.2 Å². The summed E-state index contributed by atoms with van der Waals surface area (Å²) in [6.45, 7) is 4.15. The zero-order valence-electron chi connectivity index (χ0n) is 11.5. The van der Waals surface area contributed by atoms with E-state index in [1.54, 1.807) is 6.07 Å². The van der Waals surface area contributed by atoms with Gasteiger partial charge in [-0.05, 0) is 69.0 Å². The predicted molar refractivity (Wildman–Crippen MR) is 91.3 cm³/mol. The normalized spacial score (nSPS) is 12.2. The zero-order chi connectivity index (χ0) is 14.7. The molecule has 2 aromatic carbocycles. The van der Waals surface area contributed by atoms with E-state index in [0.717, 1.165) is 26.6 Å². The number of benzene rings is 2. The fourth-order valence-electron chi connectivity index (χ4n) is 2.19. The van der Waals surface area contributed by atoms with Crippen LogP contribution < -0.4 is 5.32 Å². The average Bonchev–Trinajstić information content (AvgIpc) is 2.39. The van der Waals surface area contributed by atoms with Crippen molar-refractivity contribution >= 4 is 37.5 Å². The van der Waals surface area contributed by atoms with E-state index in [1.807, 2.05) is 18.2 Å². The number of phenolic OH excluding ortho intramolecular Hbond substituents is 1. The Kier molecular flexibility index (Phi) is 5.11. The summed E-state index contributed by atoms with van der Waals surface area (Å²) in [5.41, 5.74) is 3.10. The molecule has 0 saturated heterocycles. The number of halogens is 2. The zero-order valence-corrected chi connectivity index (χ0v) is 14.6. The lowest BCUT2D eigenvalue weighted by Crippen LogP contribution is -2.11. The molecule has 0 saturated carbocycles. The first-order valence-electron chi connectivity index (χ1n) is 6.53. The van der Waals surface area contributed by atoms with Crippen molar-refractivity contribution in [1.29, 1.82) is 0 Å². The first-order chi connectivity index (χ1) is 9.52. The SMILES string of the molecule is CCC(Nc1c(Br)cc(C)cc1Br)c1ccccc1O. The lowest BCUT2D eigenvalue weighted by molar-refractivity contribution is 0.462. The summed E-state index contributed by atoms with van der Waals surface area (Å²) < 4.78 is 2.02. The number of phenols is 1. The Morgan fingerprint density at radius 3 is 2.30 bits per heavy atom. The molecule has 0 radical (unpaired) electrons. The van der Waals surface area contributed by atoms with Crippen LogP contribution in [0.5, 0.6) is 5.75 Å². The van der Waals surface area contributed by atoms with Gasteiger partial charge >= 0.3 is 0 Å². The number of aromatic hydroxyl groups is 1. The van der Waals surface area contributed by atoms with E-state index < -0.39 is 0 Å². The van der Waals surface area contributed by atoms with Gasteiger partial charge in [-0.1, -0.05) is 25.1 Å². The van der Waals surface area contributed by atoms with Crippen LogP contribution in [0.15, 0.2) is 45.3 Å². The van der Waals surface area contributed by atoms with Gasteiger partial charge in [0.1, 0.15) is 5.75 Å². The highest BCUT2D eigenvalue weighted by Gasteiger charge is 2.16. The molecule has 0 amide bonds. The fraction of sp³-hybridized carbons (Fsp3) is 0.250. The molecule has 2 aromatic rings. The van der Waals surface area contributed by atoms with Gasteiger partial charge in [-0.25, -0.2) is 0 Å². The molecule has 0 heterocycles.